The van der Waals surface area contributed by atoms with Crippen molar-refractivity contribution in [1.82, 2.24) is 4.98 Å². The maximum Gasteiger partial charge on any atom is 0.297 e. The lowest BCUT2D eigenvalue weighted by Gasteiger charge is -2.14. The molecule has 1 aromatic carbocycles. The van der Waals surface area contributed by atoms with Crippen LogP contribution in [0, 0.1) is 0 Å². The lowest BCUT2D eigenvalue weighted by molar-refractivity contribution is 0.414. The number of nitrogens with zero attached hydrogens (tertiary/aromatic N) is 2. The summed E-state index contributed by atoms with van der Waals surface area (Å²) >= 11 is 5.68. The molecule has 0 spiro atoms. The van der Waals surface area contributed by atoms with Crippen molar-refractivity contribution >= 4 is 17.6 Å². The van der Waals surface area contributed by atoms with E-state index in [9.17, 15) is 0 Å². The molecule has 0 radical (unpaired) electrons. The van der Waals surface area contributed by atoms with E-state index in [2.05, 4.69) is 4.98 Å². The number of hydrogen-bond donors (Lipinski definition) is 0. The summed E-state index contributed by atoms with van der Waals surface area (Å²) in [6, 6.07) is 8.47. The van der Waals surface area contributed by atoms with Gasteiger partial charge >= 0.3 is 0 Å². The molecule has 0 aliphatic heterocycles. The molecule has 0 N–H and O–H groups in total. The van der Waals surface area contributed by atoms with Crippen molar-refractivity contribution in [2.75, 3.05) is 19.1 Å². The average Bonchev–Trinajstić information content (AvgIpc) is 2.88. The maximum absolute atomic E-state index is 5.68. The van der Waals surface area contributed by atoms with Crippen LogP contribution in [0.1, 0.15) is 11.3 Å². The summed E-state index contributed by atoms with van der Waals surface area (Å²) in [5.74, 6) is 1.21. The minimum absolute atomic E-state index is 0.361. The zero-order chi connectivity index (χ0) is 13.0. The Labute approximate surface area is 111 Å². The molecular weight excluding hydrogens is 252 g/mol. The number of alkyl halides is 1. The number of aromatic nitrogens is 1. The summed E-state index contributed by atoms with van der Waals surface area (Å²) in [5.41, 5.74) is 1.90. The summed E-state index contributed by atoms with van der Waals surface area (Å²) in [6.07, 6.45) is 1.58. The Morgan fingerprint density at radius 2 is 2.06 bits per heavy atom. The SMILES string of the molecule is COc1ccc(CN(C)c2nc(CCl)co2)cc1. The van der Waals surface area contributed by atoms with Crippen molar-refractivity contribution in [3.8, 4) is 5.75 Å². The van der Waals surface area contributed by atoms with Crippen LogP contribution in [0.3, 0.4) is 0 Å². The van der Waals surface area contributed by atoms with Crippen molar-refractivity contribution in [3.05, 3.63) is 41.8 Å². The van der Waals surface area contributed by atoms with Gasteiger partial charge in [0.15, 0.2) is 0 Å². The van der Waals surface area contributed by atoms with Gasteiger partial charge in [-0.3, -0.25) is 0 Å². The lowest BCUT2D eigenvalue weighted by atomic mass is 10.2. The highest BCUT2D eigenvalue weighted by atomic mass is 35.5. The molecule has 2 rings (SSSR count). The van der Waals surface area contributed by atoms with Crippen LogP contribution in [-0.2, 0) is 12.4 Å². The van der Waals surface area contributed by atoms with E-state index in [1.807, 2.05) is 36.2 Å². The van der Waals surface area contributed by atoms with Gasteiger partial charge in [0.05, 0.1) is 18.7 Å². The monoisotopic (exact) mass is 266 g/mol. The molecule has 1 heterocycles. The summed E-state index contributed by atoms with van der Waals surface area (Å²) < 4.78 is 10.5. The quantitative estimate of drug-likeness (QED) is 0.780. The second-order valence-electron chi connectivity index (χ2n) is 3.96. The Hall–Kier alpha value is -1.68. The Bertz CT molecular complexity index is 496. The third kappa shape index (κ3) is 2.96. The van der Waals surface area contributed by atoms with Crippen LogP contribution in [0.4, 0.5) is 6.01 Å². The second kappa shape index (κ2) is 5.78. The smallest absolute Gasteiger partial charge is 0.297 e. The number of anilines is 1. The highest BCUT2D eigenvalue weighted by Crippen LogP contribution is 2.17. The first-order valence-corrected chi connectivity index (χ1v) is 6.11. The highest BCUT2D eigenvalue weighted by Gasteiger charge is 2.09. The predicted octanol–water partition coefficient (Wildman–Crippen LogP) is 3.06. The number of halogens is 1. The van der Waals surface area contributed by atoms with E-state index in [1.165, 1.54) is 0 Å². The number of methoxy groups -OCH3 is 1. The van der Waals surface area contributed by atoms with Crippen LogP contribution >= 0.6 is 11.6 Å². The first-order chi connectivity index (χ1) is 8.72. The van der Waals surface area contributed by atoms with Gasteiger partial charge in [-0.05, 0) is 17.7 Å². The third-order valence-corrected chi connectivity index (χ3v) is 2.86. The van der Waals surface area contributed by atoms with Gasteiger partial charge in [-0.1, -0.05) is 12.1 Å². The highest BCUT2D eigenvalue weighted by molar-refractivity contribution is 6.16. The van der Waals surface area contributed by atoms with Gasteiger partial charge in [-0.2, -0.15) is 4.98 Å². The molecule has 0 bridgehead atoms. The Balaban J connectivity index is 2.03. The molecule has 96 valence electrons. The largest absolute Gasteiger partial charge is 0.497 e. The van der Waals surface area contributed by atoms with Gasteiger partial charge in [0, 0.05) is 13.6 Å². The summed E-state index contributed by atoms with van der Waals surface area (Å²) in [4.78, 5) is 6.19. The van der Waals surface area contributed by atoms with E-state index >= 15 is 0 Å². The molecule has 0 saturated carbocycles. The second-order valence-corrected chi connectivity index (χ2v) is 4.23. The fourth-order valence-electron chi connectivity index (χ4n) is 1.61. The lowest BCUT2D eigenvalue weighted by Crippen LogP contribution is -2.16. The molecular formula is C13H15ClN2O2. The predicted molar refractivity (Wildman–Crippen MR) is 71.2 cm³/mol. The first-order valence-electron chi connectivity index (χ1n) is 5.57. The molecule has 0 aliphatic carbocycles. The normalized spacial score (nSPS) is 10.4. The zero-order valence-corrected chi connectivity index (χ0v) is 11.1. The molecule has 0 unspecified atom stereocenters. The van der Waals surface area contributed by atoms with E-state index in [0.717, 1.165) is 17.0 Å². The van der Waals surface area contributed by atoms with Gasteiger partial charge in [0.1, 0.15) is 12.0 Å². The van der Waals surface area contributed by atoms with Crippen LogP contribution < -0.4 is 9.64 Å². The topological polar surface area (TPSA) is 38.5 Å². The van der Waals surface area contributed by atoms with Crippen LogP contribution in [0.5, 0.6) is 5.75 Å². The van der Waals surface area contributed by atoms with Crippen molar-refractivity contribution in [2.24, 2.45) is 0 Å². The van der Waals surface area contributed by atoms with Gasteiger partial charge < -0.3 is 14.1 Å². The molecule has 0 aliphatic rings. The molecule has 0 atom stereocenters. The summed E-state index contributed by atoms with van der Waals surface area (Å²) in [5, 5.41) is 0. The van der Waals surface area contributed by atoms with Crippen molar-refractivity contribution in [3.63, 3.8) is 0 Å². The van der Waals surface area contributed by atoms with Crippen molar-refractivity contribution in [1.29, 1.82) is 0 Å². The molecule has 4 nitrogen and oxygen atoms in total. The maximum atomic E-state index is 5.68. The molecule has 2 aromatic rings. The van der Waals surface area contributed by atoms with Gasteiger partial charge in [-0.15, -0.1) is 11.6 Å². The Morgan fingerprint density at radius 3 is 2.61 bits per heavy atom. The number of hydrogen-bond acceptors (Lipinski definition) is 4. The molecule has 18 heavy (non-hydrogen) atoms. The average molecular weight is 267 g/mol. The molecule has 0 amide bonds. The first kappa shape index (κ1) is 12.8. The number of oxazole rings is 1. The zero-order valence-electron chi connectivity index (χ0n) is 10.4. The van der Waals surface area contributed by atoms with Crippen molar-refractivity contribution in [2.45, 2.75) is 12.4 Å². The van der Waals surface area contributed by atoms with Crippen molar-refractivity contribution < 1.29 is 9.15 Å². The van der Waals surface area contributed by atoms with E-state index in [0.29, 0.717) is 18.4 Å². The van der Waals surface area contributed by atoms with Gasteiger partial charge in [0.25, 0.3) is 6.01 Å². The Kier molecular flexibility index (Phi) is 4.10. The van der Waals surface area contributed by atoms with Crippen LogP contribution in [0.25, 0.3) is 0 Å². The molecule has 0 saturated heterocycles. The van der Waals surface area contributed by atoms with Crippen LogP contribution in [0.2, 0.25) is 0 Å². The fraction of sp³-hybridized carbons (Fsp3) is 0.308. The number of ether oxygens (including phenoxy) is 1. The van der Waals surface area contributed by atoms with Crippen LogP contribution in [0.15, 0.2) is 34.9 Å². The fourth-order valence-corrected chi connectivity index (χ4v) is 1.73. The summed E-state index contributed by atoms with van der Waals surface area (Å²) in [6.45, 7) is 0.715. The number of benzene rings is 1. The van der Waals surface area contributed by atoms with Gasteiger partial charge in [0.2, 0.25) is 0 Å². The van der Waals surface area contributed by atoms with E-state index < -0.39 is 0 Å². The minimum Gasteiger partial charge on any atom is -0.497 e. The summed E-state index contributed by atoms with van der Waals surface area (Å²) in [7, 11) is 3.58. The standard InChI is InChI=1S/C13H15ClN2O2/c1-16(13-15-11(7-14)9-18-13)8-10-3-5-12(17-2)6-4-10/h3-6,9H,7-8H2,1-2H3. The molecule has 5 heteroatoms. The molecule has 0 fully saturated rings. The van der Waals surface area contributed by atoms with E-state index in [-0.39, 0.29) is 0 Å². The van der Waals surface area contributed by atoms with E-state index in [1.54, 1.807) is 13.4 Å². The van der Waals surface area contributed by atoms with Crippen LogP contribution in [-0.4, -0.2) is 19.1 Å². The van der Waals surface area contributed by atoms with E-state index in [4.69, 9.17) is 20.8 Å². The Morgan fingerprint density at radius 1 is 1.33 bits per heavy atom. The number of rotatable bonds is 5. The van der Waals surface area contributed by atoms with Gasteiger partial charge in [-0.25, -0.2) is 0 Å². The molecule has 1 aromatic heterocycles. The third-order valence-electron chi connectivity index (χ3n) is 2.58. The minimum atomic E-state index is 0.361.